The zero-order valence-electron chi connectivity index (χ0n) is 22.7. The highest BCUT2D eigenvalue weighted by Crippen LogP contribution is 2.38. The summed E-state index contributed by atoms with van der Waals surface area (Å²) in [6.45, 7) is 3.67. The van der Waals surface area contributed by atoms with Gasteiger partial charge in [-0.2, -0.15) is 0 Å². The zero-order chi connectivity index (χ0) is 31.3. The number of hydrogen-bond donors (Lipinski definition) is 0. The molecule has 44 heavy (non-hydrogen) atoms. The topological polar surface area (TPSA) is 110 Å². The van der Waals surface area contributed by atoms with Crippen LogP contribution in [0.25, 0.3) is 16.3 Å². The Bertz CT molecular complexity index is 2000. The van der Waals surface area contributed by atoms with E-state index in [0.717, 1.165) is 11.1 Å². The van der Waals surface area contributed by atoms with Crippen molar-refractivity contribution >= 4 is 109 Å². The molecule has 1 aliphatic rings. The molecule has 1 aliphatic heterocycles. The molecular formula is C30H18Cl2N4O5S3. The number of nitro groups is 1. The highest BCUT2D eigenvalue weighted by atomic mass is 35.5. The molecule has 2 aromatic heterocycles. The van der Waals surface area contributed by atoms with Gasteiger partial charge in [0.1, 0.15) is 11.3 Å². The molecule has 0 N–H and O–H groups in total. The van der Waals surface area contributed by atoms with Gasteiger partial charge in [0.2, 0.25) is 0 Å². The molecule has 6 rings (SSSR count). The van der Waals surface area contributed by atoms with Gasteiger partial charge in [0.25, 0.3) is 17.5 Å². The van der Waals surface area contributed by atoms with Crippen molar-refractivity contribution in [3.63, 3.8) is 0 Å². The number of furan rings is 1. The smallest absolute Gasteiger partial charge is 0.270 e. The third kappa shape index (κ3) is 5.62. The number of halogens is 2. The Balaban J connectivity index is 1.36. The van der Waals surface area contributed by atoms with Crippen molar-refractivity contribution in [2.45, 2.75) is 23.3 Å². The van der Waals surface area contributed by atoms with Crippen molar-refractivity contribution < 1.29 is 18.9 Å². The van der Waals surface area contributed by atoms with Gasteiger partial charge in [-0.1, -0.05) is 35.3 Å². The van der Waals surface area contributed by atoms with Crippen molar-refractivity contribution in [2.24, 2.45) is 0 Å². The van der Waals surface area contributed by atoms with E-state index in [2.05, 4.69) is 4.98 Å². The van der Waals surface area contributed by atoms with Crippen LogP contribution in [0.1, 0.15) is 16.9 Å². The lowest BCUT2D eigenvalue weighted by molar-refractivity contribution is -0.384. The van der Waals surface area contributed by atoms with Gasteiger partial charge in [0.15, 0.2) is 14.5 Å². The number of hydrogen-bond acceptors (Lipinski definition) is 9. The van der Waals surface area contributed by atoms with E-state index in [1.54, 1.807) is 54.6 Å². The number of carbonyl (C=O) groups excluding carboxylic acids is 2. The minimum Gasteiger partial charge on any atom is -0.450 e. The number of anilines is 2. The summed E-state index contributed by atoms with van der Waals surface area (Å²) in [7, 11) is 0. The first-order chi connectivity index (χ1) is 21.0. The molecule has 14 heteroatoms. The lowest BCUT2D eigenvalue weighted by atomic mass is 10.1. The summed E-state index contributed by atoms with van der Waals surface area (Å²) < 4.78 is 7.22. The molecule has 0 unspecified atom stereocenters. The Morgan fingerprint density at radius 3 is 2.11 bits per heavy atom. The summed E-state index contributed by atoms with van der Waals surface area (Å²) in [5.74, 6) is -1.04. The second kappa shape index (κ2) is 11.8. The molecule has 1 fully saturated rings. The fraction of sp³-hybridized carbons (Fsp3) is 0.0667. The van der Waals surface area contributed by atoms with Crippen molar-refractivity contribution in [3.05, 3.63) is 109 Å². The first-order valence-electron chi connectivity index (χ1n) is 12.8. The van der Waals surface area contributed by atoms with Gasteiger partial charge in [-0.25, -0.2) is 4.98 Å². The van der Waals surface area contributed by atoms with Gasteiger partial charge in [-0.15, -0.1) is 11.3 Å². The number of rotatable bonds is 6. The molecule has 0 bridgehead atoms. The normalized spacial score (nSPS) is 13.7. The number of carbonyl (C=O) groups is 2. The summed E-state index contributed by atoms with van der Waals surface area (Å²) in [6, 6.07) is 17.9. The number of amides is 2. The monoisotopic (exact) mass is 680 g/mol. The Labute approximate surface area is 273 Å². The first-order valence-corrected chi connectivity index (χ1v) is 15.6. The number of fused-ring (bicyclic) bond motifs is 1. The van der Waals surface area contributed by atoms with Crippen LogP contribution in [0.5, 0.6) is 0 Å². The van der Waals surface area contributed by atoms with Gasteiger partial charge in [0, 0.05) is 22.2 Å². The molecule has 1 saturated heterocycles. The average molecular weight is 682 g/mol. The van der Waals surface area contributed by atoms with E-state index in [9.17, 15) is 19.7 Å². The Morgan fingerprint density at radius 2 is 1.55 bits per heavy atom. The fourth-order valence-electron chi connectivity index (χ4n) is 4.37. The molecular weight excluding hydrogens is 663 g/mol. The van der Waals surface area contributed by atoms with Crippen LogP contribution >= 0.6 is 58.5 Å². The molecule has 0 saturated carbocycles. The van der Waals surface area contributed by atoms with Gasteiger partial charge >= 0.3 is 0 Å². The predicted octanol–water partition coefficient (Wildman–Crippen LogP) is 8.62. The third-order valence-electron chi connectivity index (χ3n) is 6.72. The highest BCUT2D eigenvalue weighted by Gasteiger charge is 2.41. The summed E-state index contributed by atoms with van der Waals surface area (Å²) in [5, 5.41) is 12.4. The van der Waals surface area contributed by atoms with Crippen LogP contribution < -0.4 is 9.80 Å². The van der Waals surface area contributed by atoms with Crippen LogP contribution in [0.4, 0.5) is 17.1 Å². The molecule has 0 aliphatic carbocycles. The summed E-state index contributed by atoms with van der Waals surface area (Å²) in [6.07, 6.45) is 1.36. The van der Waals surface area contributed by atoms with Crippen LogP contribution in [0.15, 0.2) is 86.2 Å². The highest BCUT2D eigenvalue weighted by molar-refractivity contribution is 8.01. The largest absolute Gasteiger partial charge is 0.450 e. The molecule has 5 aromatic rings. The first kappa shape index (κ1) is 30.0. The predicted molar refractivity (Wildman–Crippen MR) is 177 cm³/mol. The van der Waals surface area contributed by atoms with Crippen LogP contribution in [0.3, 0.4) is 0 Å². The van der Waals surface area contributed by atoms with Gasteiger partial charge in [0.05, 0.1) is 26.5 Å². The maximum Gasteiger partial charge on any atom is 0.270 e. The lowest BCUT2D eigenvalue weighted by Gasteiger charge is -2.36. The second-order valence-corrected chi connectivity index (χ2v) is 13.1. The van der Waals surface area contributed by atoms with E-state index in [-0.39, 0.29) is 22.1 Å². The van der Waals surface area contributed by atoms with E-state index in [1.807, 2.05) is 13.8 Å². The Morgan fingerprint density at radius 1 is 0.932 bits per heavy atom. The van der Waals surface area contributed by atoms with Crippen molar-refractivity contribution in [3.8, 4) is 0 Å². The van der Waals surface area contributed by atoms with Gasteiger partial charge < -0.3 is 4.42 Å². The number of thiazole rings is 1. The number of non-ortho nitro benzene ring substituents is 1. The van der Waals surface area contributed by atoms with E-state index in [4.69, 9.17) is 39.8 Å². The number of nitro benzene ring substituents is 1. The number of thiocarbonyl (C=S) groups is 1. The lowest BCUT2D eigenvalue weighted by Crippen LogP contribution is -2.57. The number of nitrogens with zero attached hydrogens (tertiary/aromatic N) is 4. The maximum absolute atomic E-state index is 13.9. The van der Waals surface area contributed by atoms with E-state index < -0.39 is 16.7 Å². The zero-order valence-corrected chi connectivity index (χ0v) is 26.7. The Hall–Kier alpha value is -4.07. The maximum atomic E-state index is 13.9. The van der Waals surface area contributed by atoms with Crippen LogP contribution in [-0.2, 0) is 9.59 Å². The van der Waals surface area contributed by atoms with Gasteiger partial charge in [-0.3, -0.25) is 29.5 Å². The van der Waals surface area contributed by atoms with E-state index >= 15 is 0 Å². The van der Waals surface area contributed by atoms with Gasteiger partial charge in [-0.05, 0) is 97.5 Å². The van der Waals surface area contributed by atoms with E-state index in [0.29, 0.717) is 41.1 Å². The SMILES string of the molecule is Cc1ccc(N2C(=O)C(=Cc3ccc(Sc4nc5ccc([N+](=O)[O-])cc5s4)o3)C(=O)N(c3ccc(C)c(Cl)c3)C2=S)cc1Cl. The van der Waals surface area contributed by atoms with Crippen molar-refractivity contribution in [2.75, 3.05) is 9.80 Å². The average Bonchev–Trinajstić information content (AvgIpc) is 3.60. The minimum absolute atomic E-state index is 0.0187. The third-order valence-corrected chi connectivity index (χ3v) is 9.90. The number of benzene rings is 3. The second-order valence-electron chi connectivity index (χ2n) is 9.64. The number of aryl methyl sites for hydroxylation is 2. The molecule has 220 valence electrons. The minimum atomic E-state index is -0.646. The van der Waals surface area contributed by atoms with Crippen molar-refractivity contribution in [1.29, 1.82) is 0 Å². The fourth-order valence-corrected chi connectivity index (χ4v) is 7.10. The molecule has 2 amide bonds. The quantitative estimate of drug-likeness (QED) is 0.0576. The summed E-state index contributed by atoms with van der Waals surface area (Å²) in [5.41, 5.74) is 2.82. The van der Waals surface area contributed by atoms with Crippen LogP contribution in [0.2, 0.25) is 10.0 Å². The van der Waals surface area contributed by atoms with E-state index in [1.165, 1.54) is 51.1 Å². The standard InChI is InChI=1S/C30H18Cl2N4O5S3/c1-15-3-5-17(11-22(15)31)34-27(37)21(28(38)35(30(34)42)18-6-4-16(2)23(32)12-18)14-20-8-10-26(41-20)44-29-33-24-9-7-19(36(39)40)13-25(24)43-29/h3-14H,1-2H3. The molecule has 0 radical (unpaired) electrons. The molecule has 0 atom stereocenters. The molecule has 3 aromatic carbocycles. The summed E-state index contributed by atoms with van der Waals surface area (Å²) >= 11 is 21.0. The summed E-state index contributed by atoms with van der Waals surface area (Å²) in [4.78, 5) is 45.4. The molecule has 9 nitrogen and oxygen atoms in total. The molecule has 0 spiro atoms. The van der Waals surface area contributed by atoms with Crippen LogP contribution in [-0.4, -0.2) is 26.8 Å². The van der Waals surface area contributed by atoms with Crippen molar-refractivity contribution in [1.82, 2.24) is 4.98 Å². The molecule has 3 heterocycles. The Kier molecular flexibility index (Phi) is 8.03. The number of aromatic nitrogens is 1. The van der Waals surface area contributed by atoms with Crippen LogP contribution in [0, 0.1) is 24.0 Å².